The number of para-hydroxylation sites is 1. The highest BCUT2D eigenvalue weighted by Gasteiger charge is 2.20. The van der Waals surface area contributed by atoms with Gasteiger partial charge in [-0.15, -0.1) is 11.3 Å². The van der Waals surface area contributed by atoms with Crippen LogP contribution in [0.25, 0.3) is 109 Å². The topological polar surface area (TPSA) is 51.8 Å². The van der Waals surface area contributed by atoms with Crippen LogP contribution in [0.1, 0.15) is 0 Å². The molecule has 0 atom stereocenters. The van der Waals surface area contributed by atoms with Crippen molar-refractivity contribution >= 4 is 64.2 Å². The smallest absolute Gasteiger partial charge is 0.164 e. The summed E-state index contributed by atoms with van der Waals surface area (Å²) in [6, 6.07) is 61.5. The molecule has 3 aromatic heterocycles. The molecule has 11 rings (SSSR count). The first-order valence-electron chi connectivity index (χ1n) is 18.0. The monoisotopic (exact) mass is 707 g/mol. The van der Waals surface area contributed by atoms with Crippen LogP contribution in [0.3, 0.4) is 0 Å². The Morgan fingerprint density at radius 2 is 0.981 bits per heavy atom. The molecule has 0 N–H and O–H groups in total. The summed E-state index contributed by atoms with van der Waals surface area (Å²) >= 11 is 1.83. The van der Waals surface area contributed by atoms with Crippen LogP contribution in [0, 0.1) is 0 Å². The molecule has 54 heavy (non-hydrogen) atoms. The van der Waals surface area contributed by atoms with E-state index in [-0.39, 0.29) is 0 Å². The number of nitrogens with zero attached hydrogens (tertiary/aromatic N) is 3. The summed E-state index contributed by atoms with van der Waals surface area (Å²) in [6.45, 7) is 0. The zero-order valence-electron chi connectivity index (χ0n) is 28.9. The van der Waals surface area contributed by atoms with Crippen LogP contribution in [0.2, 0.25) is 0 Å². The fourth-order valence-corrected chi connectivity index (χ4v) is 8.78. The minimum absolute atomic E-state index is 0.600. The van der Waals surface area contributed by atoms with Crippen molar-refractivity contribution < 1.29 is 4.42 Å². The Balaban J connectivity index is 1.07. The summed E-state index contributed by atoms with van der Waals surface area (Å²) in [5.74, 6) is 1.84. The lowest BCUT2D eigenvalue weighted by atomic mass is 9.99. The quantitative estimate of drug-likeness (QED) is 0.179. The van der Waals surface area contributed by atoms with Crippen LogP contribution < -0.4 is 0 Å². The standard InChI is InChI=1S/C49H29N3OS/c1-3-11-30(12-4-1)32-21-22-34-28-36(24-23-33(34)27-32)48-50-47(31-13-5-2-6-14-31)51-49(52-48)40-18-10-19-42-45(40)39-17-9-16-37(46(39)53-42)35-25-26-44-41(29-35)38-15-7-8-20-43(38)54-44/h1-29H. The maximum absolute atomic E-state index is 6.73. The molecule has 4 nitrogen and oxygen atoms in total. The van der Waals surface area contributed by atoms with Crippen molar-refractivity contribution in [1.82, 2.24) is 15.0 Å². The van der Waals surface area contributed by atoms with E-state index in [0.717, 1.165) is 60.5 Å². The molecule has 0 radical (unpaired) electrons. The van der Waals surface area contributed by atoms with Gasteiger partial charge in [-0.25, -0.2) is 15.0 Å². The Hall–Kier alpha value is -6.95. The zero-order valence-corrected chi connectivity index (χ0v) is 29.7. The molecule has 0 aliphatic rings. The molecule has 0 spiro atoms. The molecule has 0 aliphatic heterocycles. The van der Waals surface area contributed by atoms with E-state index < -0.39 is 0 Å². The first-order chi connectivity index (χ1) is 26.7. The number of hydrogen-bond acceptors (Lipinski definition) is 5. The SMILES string of the molecule is c1ccc(-c2ccc3cc(-c4nc(-c5ccccc5)nc(-c5cccc6oc7c(-c8ccc9sc%10ccccc%10c9c8)cccc7c56)n4)ccc3c2)cc1. The Morgan fingerprint density at radius 3 is 1.81 bits per heavy atom. The number of aromatic nitrogens is 3. The van der Waals surface area contributed by atoms with Gasteiger partial charge in [0, 0.05) is 53.2 Å². The number of benzene rings is 8. The van der Waals surface area contributed by atoms with Crippen LogP contribution in [0.5, 0.6) is 0 Å². The molecule has 0 bridgehead atoms. The normalized spacial score (nSPS) is 11.7. The van der Waals surface area contributed by atoms with E-state index in [9.17, 15) is 0 Å². The van der Waals surface area contributed by atoms with Crippen molar-refractivity contribution in [2.45, 2.75) is 0 Å². The fourth-order valence-electron chi connectivity index (χ4n) is 7.69. The second-order valence-corrected chi connectivity index (χ2v) is 14.7. The van der Waals surface area contributed by atoms with Gasteiger partial charge in [0.25, 0.3) is 0 Å². The minimum atomic E-state index is 0.600. The summed E-state index contributed by atoms with van der Waals surface area (Å²) in [7, 11) is 0. The van der Waals surface area contributed by atoms with Crippen molar-refractivity contribution in [1.29, 1.82) is 0 Å². The van der Waals surface area contributed by atoms with E-state index in [1.54, 1.807) is 0 Å². The van der Waals surface area contributed by atoms with Crippen LogP contribution in [-0.4, -0.2) is 15.0 Å². The third-order valence-electron chi connectivity index (χ3n) is 10.3. The molecular weight excluding hydrogens is 679 g/mol. The summed E-state index contributed by atoms with van der Waals surface area (Å²) in [5.41, 5.74) is 8.96. The van der Waals surface area contributed by atoms with Crippen molar-refractivity contribution in [3.8, 4) is 56.4 Å². The lowest BCUT2D eigenvalue weighted by molar-refractivity contribution is 0.670. The molecule has 11 aromatic rings. The van der Waals surface area contributed by atoms with E-state index in [1.807, 2.05) is 59.9 Å². The Kier molecular flexibility index (Phi) is 7.00. The summed E-state index contributed by atoms with van der Waals surface area (Å²) in [4.78, 5) is 15.4. The van der Waals surface area contributed by atoms with E-state index in [2.05, 4.69) is 127 Å². The molecule has 5 heteroatoms. The van der Waals surface area contributed by atoms with Gasteiger partial charge < -0.3 is 4.42 Å². The molecule has 0 unspecified atom stereocenters. The average Bonchev–Trinajstić information content (AvgIpc) is 3.82. The van der Waals surface area contributed by atoms with E-state index in [1.165, 1.54) is 31.3 Å². The first kappa shape index (κ1) is 30.7. The lowest BCUT2D eigenvalue weighted by Crippen LogP contribution is -2.00. The Bertz CT molecular complexity index is 3220. The third kappa shape index (κ3) is 5.09. The van der Waals surface area contributed by atoms with Gasteiger partial charge in [-0.3, -0.25) is 0 Å². The van der Waals surface area contributed by atoms with Gasteiger partial charge in [-0.2, -0.15) is 0 Å². The molecule has 0 aliphatic carbocycles. The predicted molar refractivity (Wildman–Crippen MR) is 225 cm³/mol. The molecule has 0 amide bonds. The first-order valence-corrected chi connectivity index (χ1v) is 18.8. The number of hydrogen-bond donors (Lipinski definition) is 0. The zero-order chi connectivity index (χ0) is 35.6. The molecule has 0 fully saturated rings. The highest BCUT2D eigenvalue weighted by Crippen LogP contribution is 2.42. The van der Waals surface area contributed by atoms with Gasteiger partial charge in [0.15, 0.2) is 17.5 Å². The molecule has 3 heterocycles. The lowest BCUT2D eigenvalue weighted by Gasteiger charge is -2.10. The van der Waals surface area contributed by atoms with Crippen LogP contribution in [0.4, 0.5) is 0 Å². The fraction of sp³-hybridized carbons (Fsp3) is 0. The number of furan rings is 1. The van der Waals surface area contributed by atoms with Gasteiger partial charge in [-0.1, -0.05) is 140 Å². The maximum atomic E-state index is 6.73. The summed E-state index contributed by atoms with van der Waals surface area (Å²) in [6.07, 6.45) is 0. The summed E-state index contributed by atoms with van der Waals surface area (Å²) in [5, 5.41) is 6.84. The molecular formula is C49H29N3OS. The van der Waals surface area contributed by atoms with E-state index >= 15 is 0 Å². The molecule has 252 valence electrons. The second kappa shape index (κ2) is 12.3. The van der Waals surface area contributed by atoms with Crippen molar-refractivity contribution in [2.24, 2.45) is 0 Å². The number of thiophene rings is 1. The highest BCUT2D eigenvalue weighted by atomic mass is 32.1. The van der Waals surface area contributed by atoms with Gasteiger partial charge in [0.1, 0.15) is 11.2 Å². The van der Waals surface area contributed by atoms with Crippen molar-refractivity contribution in [2.75, 3.05) is 0 Å². The second-order valence-electron chi connectivity index (χ2n) is 13.6. The van der Waals surface area contributed by atoms with Crippen LogP contribution in [-0.2, 0) is 0 Å². The third-order valence-corrected chi connectivity index (χ3v) is 11.5. The van der Waals surface area contributed by atoms with Gasteiger partial charge in [0.2, 0.25) is 0 Å². The largest absolute Gasteiger partial charge is 0.455 e. The highest BCUT2D eigenvalue weighted by molar-refractivity contribution is 7.25. The molecule has 8 aromatic carbocycles. The minimum Gasteiger partial charge on any atom is -0.455 e. The van der Waals surface area contributed by atoms with Crippen LogP contribution in [0.15, 0.2) is 180 Å². The Labute approximate surface area is 314 Å². The molecule has 0 saturated carbocycles. The van der Waals surface area contributed by atoms with Gasteiger partial charge >= 0.3 is 0 Å². The Morgan fingerprint density at radius 1 is 0.370 bits per heavy atom. The van der Waals surface area contributed by atoms with Crippen molar-refractivity contribution in [3.63, 3.8) is 0 Å². The number of rotatable bonds is 5. The van der Waals surface area contributed by atoms with Gasteiger partial charge in [-0.05, 0) is 63.9 Å². The van der Waals surface area contributed by atoms with E-state index in [0.29, 0.717) is 17.5 Å². The number of fused-ring (bicyclic) bond motifs is 7. The maximum Gasteiger partial charge on any atom is 0.164 e. The van der Waals surface area contributed by atoms with Crippen molar-refractivity contribution in [3.05, 3.63) is 176 Å². The van der Waals surface area contributed by atoms with Gasteiger partial charge in [0.05, 0.1) is 0 Å². The average molecular weight is 708 g/mol. The van der Waals surface area contributed by atoms with E-state index in [4.69, 9.17) is 19.4 Å². The predicted octanol–water partition coefficient (Wildman–Crippen LogP) is 13.6. The molecule has 0 saturated heterocycles. The van der Waals surface area contributed by atoms with Crippen LogP contribution >= 0.6 is 11.3 Å². The summed E-state index contributed by atoms with van der Waals surface area (Å²) < 4.78 is 9.31.